The monoisotopic (exact) mass is 351 g/mol. The van der Waals surface area contributed by atoms with E-state index in [2.05, 4.69) is 27.3 Å². The second-order valence-corrected chi connectivity index (χ2v) is 6.73. The number of nitriles is 1. The van der Waals surface area contributed by atoms with Crippen LogP contribution in [-0.4, -0.2) is 29.9 Å². The highest BCUT2D eigenvalue weighted by Gasteiger charge is 2.30. The van der Waals surface area contributed by atoms with Gasteiger partial charge in [0.25, 0.3) is 0 Å². The number of nitrogens with one attached hydrogen (secondary N) is 1. The molecule has 4 nitrogen and oxygen atoms in total. The lowest BCUT2D eigenvalue weighted by Gasteiger charge is -2.28. The van der Waals surface area contributed by atoms with Gasteiger partial charge in [0.1, 0.15) is 5.54 Å². The largest absolute Gasteiger partial charge is 0.337 e. The van der Waals surface area contributed by atoms with Crippen molar-refractivity contribution in [3.63, 3.8) is 0 Å². The molecule has 21 heavy (non-hydrogen) atoms. The zero-order valence-electron chi connectivity index (χ0n) is 13.0. The molecule has 1 aromatic rings. The molecule has 0 aromatic heterocycles. The van der Waals surface area contributed by atoms with Gasteiger partial charge in [-0.05, 0) is 37.6 Å². The standard InChI is InChI=1S/C16H22BrN3O/c1-12(2)16(3,11-18)19-15(21)10-20(4)9-13-5-7-14(17)8-6-13/h5-8,12H,9-10H2,1-4H3,(H,19,21)/t16-/m0/s1. The summed E-state index contributed by atoms with van der Waals surface area (Å²) in [6.45, 7) is 6.56. The van der Waals surface area contributed by atoms with Gasteiger partial charge >= 0.3 is 0 Å². The van der Waals surface area contributed by atoms with E-state index in [4.69, 9.17) is 0 Å². The first-order valence-electron chi connectivity index (χ1n) is 6.92. The molecule has 0 saturated carbocycles. The van der Waals surface area contributed by atoms with Gasteiger partial charge in [-0.3, -0.25) is 9.69 Å². The van der Waals surface area contributed by atoms with Crippen molar-refractivity contribution in [2.75, 3.05) is 13.6 Å². The van der Waals surface area contributed by atoms with E-state index in [-0.39, 0.29) is 18.4 Å². The van der Waals surface area contributed by atoms with E-state index in [1.165, 1.54) is 0 Å². The van der Waals surface area contributed by atoms with Crippen molar-refractivity contribution >= 4 is 21.8 Å². The van der Waals surface area contributed by atoms with E-state index in [1.807, 2.05) is 50.1 Å². The van der Waals surface area contributed by atoms with Gasteiger partial charge in [0, 0.05) is 11.0 Å². The van der Waals surface area contributed by atoms with Gasteiger partial charge in [0.05, 0.1) is 12.6 Å². The fourth-order valence-electron chi connectivity index (χ4n) is 1.83. The first kappa shape index (κ1) is 17.7. The van der Waals surface area contributed by atoms with Crippen LogP contribution in [0.3, 0.4) is 0 Å². The van der Waals surface area contributed by atoms with Crippen LogP contribution in [0.4, 0.5) is 0 Å². The molecule has 0 spiro atoms. The molecule has 0 aliphatic carbocycles. The molecule has 1 amide bonds. The summed E-state index contributed by atoms with van der Waals surface area (Å²) in [6, 6.07) is 10.2. The van der Waals surface area contributed by atoms with E-state index in [9.17, 15) is 10.1 Å². The average molecular weight is 352 g/mol. The summed E-state index contributed by atoms with van der Waals surface area (Å²) in [5, 5.41) is 12.0. The molecule has 1 rings (SSSR count). The minimum atomic E-state index is -0.824. The van der Waals surface area contributed by atoms with Gasteiger partial charge in [0.2, 0.25) is 5.91 Å². The topological polar surface area (TPSA) is 56.1 Å². The first-order valence-corrected chi connectivity index (χ1v) is 7.71. The SMILES string of the molecule is CC(C)[C@](C)(C#N)NC(=O)CN(C)Cc1ccc(Br)cc1. The van der Waals surface area contributed by atoms with Gasteiger partial charge < -0.3 is 5.32 Å². The fraction of sp³-hybridized carbons (Fsp3) is 0.500. The molecule has 1 atom stereocenters. The third-order valence-corrected chi connectivity index (χ3v) is 4.09. The molecule has 0 aliphatic heterocycles. The number of hydrogen-bond acceptors (Lipinski definition) is 3. The van der Waals surface area contributed by atoms with Crippen LogP contribution in [-0.2, 0) is 11.3 Å². The summed E-state index contributed by atoms with van der Waals surface area (Å²) in [4.78, 5) is 14.0. The van der Waals surface area contributed by atoms with Crippen molar-refractivity contribution < 1.29 is 4.79 Å². The molecular formula is C16H22BrN3O. The average Bonchev–Trinajstić information content (AvgIpc) is 2.40. The van der Waals surface area contributed by atoms with E-state index in [1.54, 1.807) is 6.92 Å². The lowest BCUT2D eigenvalue weighted by Crippen LogP contribution is -2.51. The molecule has 0 unspecified atom stereocenters. The highest BCUT2D eigenvalue weighted by atomic mass is 79.9. The Morgan fingerprint density at radius 3 is 2.48 bits per heavy atom. The number of halogens is 1. The van der Waals surface area contributed by atoms with E-state index >= 15 is 0 Å². The zero-order valence-corrected chi connectivity index (χ0v) is 14.6. The smallest absolute Gasteiger partial charge is 0.235 e. The Bertz CT molecular complexity index is 521. The molecule has 114 valence electrons. The Balaban J connectivity index is 2.55. The molecule has 0 bridgehead atoms. The zero-order chi connectivity index (χ0) is 16.0. The van der Waals surface area contributed by atoms with E-state index in [0.717, 1.165) is 10.0 Å². The van der Waals surface area contributed by atoms with Crippen LogP contribution < -0.4 is 5.32 Å². The molecule has 0 radical (unpaired) electrons. The summed E-state index contributed by atoms with van der Waals surface area (Å²) in [7, 11) is 1.89. The van der Waals surface area contributed by atoms with Gasteiger partial charge in [-0.2, -0.15) is 5.26 Å². The number of hydrogen-bond donors (Lipinski definition) is 1. The summed E-state index contributed by atoms with van der Waals surface area (Å²) in [5.74, 6) is -0.0735. The maximum absolute atomic E-state index is 12.1. The molecule has 0 saturated heterocycles. The summed E-state index contributed by atoms with van der Waals surface area (Å²) < 4.78 is 1.04. The van der Waals surface area contributed by atoms with Crippen LogP contribution in [0.15, 0.2) is 28.7 Å². The van der Waals surface area contributed by atoms with Crippen molar-refractivity contribution in [3.05, 3.63) is 34.3 Å². The molecule has 0 heterocycles. The van der Waals surface area contributed by atoms with Crippen LogP contribution >= 0.6 is 15.9 Å². The van der Waals surface area contributed by atoms with Crippen LogP contribution in [0.25, 0.3) is 0 Å². The third-order valence-electron chi connectivity index (χ3n) is 3.57. The number of nitrogens with zero attached hydrogens (tertiary/aromatic N) is 2. The fourth-order valence-corrected chi connectivity index (χ4v) is 2.10. The minimum absolute atomic E-state index is 0.0585. The molecule has 1 aromatic carbocycles. The number of amides is 1. The Hall–Kier alpha value is -1.38. The Morgan fingerprint density at radius 2 is 2.00 bits per heavy atom. The van der Waals surface area contributed by atoms with Crippen molar-refractivity contribution in [2.45, 2.75) is 32.9 Å². The number of carbonyl (C=O) groups is 1. The maximum atomic E-state index is 12.1. The van der Waals surface area contributed by atoms with Crippen LogP contribution in [0.5, 0.6) is 0 Å². The van der Waals surface area contributed by atoms with Gasteiger partial charge in [-0.15, -0.1) is 0 Å². The number of carbonyl (C=O) groups excluding carboxylic acids is 1. The lowest BCUT2D eigenvalue weighted by molar-refractivity contribution is -0.123. The van der Waals surface area contributed by atoms with E-state index < -0.39 is 5.54 Å². The predicted octanol–water partition coefficient (Wildman–Crippen LogP) is 2.94. The highest BCUT2D eigenvalue weighted by molar-refractivity contribution is 9.10. The van der Waals surface area contributed by atoms with Gasteiger partial charge in [0.15, 0.2) is 0 Å². The molecular weight excluding hydrogens is 330 g/mol. The van der Waals surface area contributed by atoms with Gasteiger partial charge in [-0.1, -0.05) is 41.9 Å². The number of likely N-dealkylation sites (N-methyl/N-ethyl adjacent to an activating group) is 1. The summed E-state index contributed by atoms with van der Waals surface area (Å²) in [5.41, 5.74) is 0.315. The second kappa shape index (κ2) is 7.58. The summed E-state index contributed by atoms with van der Waals surface area (Å²) in [6.07, 6.45) is 0. The van der Waals surface area contributed by atoms with Crippen LogP contribution in [0.1, 0.15) is 26.3 Å². The van der Waals surface area contributed by atoms with Crippen molar-refractivity contribution in [2.24, 2.45) is 5.92 Å². The molecule has 1 N–H and O–H groups in total. The number of rotatable bonds is 6. The van der Waals surface area contributed by atoms with Crippen LogP contribution in [0.2, 0.25) is 0 Å². The third kappa shape index (κ3) is 5.49. The van der Waals surface area contributed by atoms with Crippen molar-refractivity contribution in [1.82, 2.24) is 10.2 Å². The quantitative estimate of drug-likeness (QED) is 0.857. The predicted molar refractivity (Wildman–Crippen MR) is 87.5 cm³/mol. The number of benzene rings is 1. The first-order chi connectivity index (χ1) is 9.76. The maximum Gasteiger partial charge on any atom is 0.235 e. The molecule has 5 heteroatoms. The Labute approximate surface area is 135 Å². The Kier molecular flexibility index (Phi) is 6.38. The summed E-state index contributed by atoms with van der Waals surface area (Å²) >= 11 is 3.40. The normalized spacial score (nSPS) is 13.8. The molecule has 0 fully saturated rings. The van der Waals surface area contributed by atoms with Gasteiger partial charge in [-0.25, -0.2) is 0 Å². The second-order valence-electron chi connectivity index (χ2n) is 5.82. The van der Waals surface area contributed by atoms with Crippen molar-refractivity contribution in [3.8, 4) is 6.07 Å². The lowest BCUT2D eigenvalue weighted by atomic mass is 9.90. The van der Waals surface area contributed by atoms with Crippen LogP contribution in [0, 0.1) is 17.2 Å². The van der Waals surface area contributed by atoms with E-state index in [0.29, 0.717) is 6.54 Å². The minimum Gasteiger partial charge on any atom is -0.337 e. The van der Waals surface area contributed by atoms with Crippen molar-refractivity contribution in [1.29, 1.82) is 5.26 Å². The Morgan fingerprint density at radius 1 is 1.43 bits per heavy atom. The molecule has 0 aliphatic rings. The highest BCUT2D eigenvalue weighted by Crippen LogP contribution is 2.15.